The molecule has 0 aliphatic carbocycles. The van der Waals surface area contributed by atoms with Gasteiger partial charge in [0.15, 0.2) is 11.6 Å². The average molecular weight is 352 g/mol. The first-order chi connectivity index (χ1) is 11.5. The average Bonchev–Trinajstić information content (AvgIpc) is 2.55. The first-order valence-corrected chi connectivity index (χ1v) is 8.54. The van der Waals surface area contributed by atoms with Gasteiger partial charge >= 0.3 is 0 Å². The third-order valence-corrected chi connectivity index (χ3v) is 4.02. The van der Waals surface area contributed by atoms with E-state index in [2.05, 4.69) is 10.3 Å². The number of hydrogen-bond donors (Lipinski definition) is 1. The van der Waals surface area contributed by atoms with E-state index < -0.39 is 11.6 Å². The molecule has 0 saturated carbocycles. The van der Waals surface area contributed by atoms with E-state index in [1.807, 2.05) is 12.1 Å². The fourth-order valence-electron chi connectivity index (χ4n) is 1.91. The van der Waals surface area contributed by atoms with E-state index in [9.17, 15) is 13.6 Å². The van der Waals surface area contributed by atoms with Crippen LogP contribution in [0.25, 0.3) is 0 Å². The molecule has 0 radical (unpaired) electrons. The van der Waals surface area contributed by atoms with Gasteiger partial charge in [0.2, 0.25) is 5.91 Å². The van der Waals surface area contributed by atoms with Gasteiger partial charge in [-0.1, -0.05) is 6.07 Å². The Hall–Kier alpha value is -2.15. The van der Waals surface area contributed by atoms with Crippen molar-refractivity contribution in [2.45, 2.75) is 18.7 Å². The monoisotopic (exact) mass is 352 g/mol. The summed E-state index contributed by atoms with van der Waals surface area (Å²) in [7, 11) is 0. The quantitative estimate of drug-likeness (QED) is 0.793. The Morgan fingerprint density at radius 2 is 2.21 bits per heavy atom. The lowest BCUT2D eigenvalue weighted by molar-refractivity contribution is -0.119. The Morgan fingerprint density at radius 3 is 2.92 bits per heavy atom. The summed E-state index contributed by atoms with van der Waals surface area (Å²) in [5.41, 5.74) is 1.05. The normalized spacial score (nSPS) is 11.8. The third kappa shape index (κ3) is 6.16. The number of carbonyl (C=O) groups is 1. The highest BCUT2D eigenvalue weighted by atomic mass is 32.2. The van der Waals surface area contributed by atoms with Crippen molar-refractivity contribution in [2.75, 3.05) is 12.4 Å². The number of aromatic nitrogens is 1. The second-order valence-electron chi connectivity index (χ2n) is 5.21. The number of halogens is 2. The highest BCUT2D eigenvalue weighted by Crippen LogP contribution is 2.17. The topological polar surface area (TPSA) is 51.2 Å². The van der Waals surface area contributed by atoms with E-state index in [1.165, 1.54) is 17.8 Å². The fraction of sp³-hybridized carbons (Fsp3) is 0.294. The van der Waals surface area contributed by atoms with Crippen molar-refractivity contribution < 1.29 is 18.3 Å². The van der Waals surface area contributed by atoms with Crippen LogP contribution in [-0.2, 0) is 10.5 Å². The molecular weight excluding hydrogens is 334 g/mol. The fourth-order valence-corrected chi connectivity index (χ4v) is 2.69. The number of carbonyl (C=O) groups excluding carboxylic acids is 1. The zero-order valence-corrected chi connectivity index (χ0v) is 14.0. The van der Waals surface area contributed by atoms with Crippen LogP contribution in [0.2, 0.25) is 0 Å². The van der Waals surface area contributed by atoms with Gasteiger partial charge in [-0.2, -0.15) is 0 Å². The number of benzene rings is 1. The van der Waals surface area contributed by atoms with Gasteiger partial charge in [-0.25, -0.2) is 8.78 Å². The summed E-state index contributed by atoms with van der Waals surface area (Å²) >= 11 is 1.48. The molecule has 24 heavy (non-hydrogen) atoms. The van der Waals surface area contributed by atoms with Gasteiger partial charge in [-0.05, 0) is 30.7 Å². The Labute approximate surface area is 143 Å². The molecule has 0 aliphatic heterocycles. The van der Waals surface area contributed by atoms with Crippen molar-refractivity contribution in [1.82, 2.24) is 10.3 Å². The van der Waals surface area contributed by atoms with Crippen molar-refractivity contribution in [3.05, 3.63) is 59.9 Å². The Bertz CT molecular complexity index is 671. The maximum Gasteiger partial charge on any atom is 0.230 e. The van der Waals surface area contributed by atoms with Crippen LogP contribution in [0.5, 0.6) is 5.75 Å². The molecule has 7 heteroatoms. The van der Waals surface area contributed by atoms with E-state index in [0.29, 0.717) is 11.5 Å². The number of nitrogens with zero attached hydrogens (tertiary/aromatic N) is 1. The van der Waals surface area contributed by atoms with Crippen LogP contribution >= 0.6 is 11.8 Å². The van der Waals surface area contributed by atoms with E-state index in [1.54, 1.807) is 19.3 Å². The van der Waals surface area contributed by atoms with Crippen molar-refractivity contribution in [3.8, 4) is 5.75 Å². The smallest absolute Gasteiger partial charge is 0.230 e. The maximum absolute atomic E-state index is 13.4. The van der Waals surface area contributed by atoms with Gasteiger partial charge in [0.05, 0.1) is 11.8 Å². The maximum atomic E-state index is 13.4. The lowest BCUT2D eigenvalue weighted by Crippen LogP contribution is -2.37. The van der Waals surface area contributed by atoms with Gasteiger partial charge in [-0.15, -0.1) is 11.8 Å². The van der Waals surface area contributed by atoms with Crippen LogP contribution in [0.3, 0.4) is 0 Å². The number of pyridine rings is 1. The number of ether oxygens (including phenoxy) is 1. The highest BCUT2D eigenvalue weighted by molar-refractivity contribution is 7.99. The van der Waals surface area contributed by atoms with Crippen LogP contribution in [0, 0.1) is 11.6 Å². The molecule has 0 fully saturated rings. The zero-order valence-electron chi connectivity index (χ0n) is 13.2. The summed E-state index contributed by atoms with van der Waals surface area (Å²) in [4.78, 5) is 15.9. The molecule has 128 valence electrons. The van der Waals surface area contributed by atoms with Gasteiger partial charge in [0.1, 0.15) is 12.4 Å². The van der Waals surface area contributed by atoms with E-state index in [-0.39, 0.29) is 24.3 Å². The van der Waals surface area contributed by atoms with Crippen LogP contribution in [0.15, 0.2) is 42.7 Å². The van der Waals surface area contributed by atoms with Gasteiger partial charge in [0.25, 0.3) is 0 Å². The molecule has 0 unspecified atom stereocenters. The molecule has 0 aliphatic rings. The van der Waals surface area contributed by atoms with Crippen LogP contribution in [0.1, 0.15) is 12.5 Å². The summed E-state index contributed by atoms with van der Waals surface area (Å²) < 4.78 is 31.5. The molecule has 1 atom stereocenters. The van der Waals surface area contributed by atoms with Crippen molar-refractivity contribution in [2.24, 2.45) is 0 Å². The molecule has 2 rings (SSSR count). The predicted molar refractivity (Wildman–Crippen MR) is 89.9 cm³/mol. The number of rotatable bonds is 8. The lowest BCUT2D eigenvalue weighted by Gasteiger charge is -2.15. The molecule has 0 saturated heterocycles. The first kappa shape index (κ1) is 18.2. The molecule has 1 amide bonds. The van der Waals surface area contributed by atoms with Crippen molar-refractivity contribution >= 4 is 17.7 Å². The van der Waals surface area contributed by atoms with Gasteiger partial charge in [-0.3, -0.25) is 9.78 Å². The van der Waals surface area contributed by atoms with Crippen molar-refractivity contribution in [3.63, 3.8) is 0 Å². The predicted octanol–water partition coefficient (Wildman–Crippen LogP) is 3.18. The van der Waals surface area contributed by atoms with E-state index in [4.69, 9.17) is 4.74 Å². The third-order valence-electron chi connectivity index (χ3n) is 3.01. The molecule has 1 heterocycles. The number of nitrogens with one attached hydrogen (secondary N) is 1. The number of amides is 1. The Kier molecular flexibility index (Phi) is 6.99. The minimum atomic E-state index is -0.763. The minimum Gasteiger partial charge on any atom is -0.488 e. The van der Waals surface area contributed by atoms with Crippen LogP contribution in [-0.4, -0.2) is 29.3 Å². The molecule has 1 N–H and O–H groups in total. The van der Waals surface area contributed by atoms with Crippen molar-refractivity contribution in [1.29, 1.82) is 0 Å². The Balaban J connectivity index is 1.67. The standard InChI is InChI=1S/C17H18F2N2O2S/c1-12(9-23-16-5-4-14(18)7-15(16)19)21-17(22)11-24-10-13-3-2-6-20-8-13/h2-8,12H,9-11H2,1H3,(H,21,22)/t12-/m0/s1. The second kappa shape index (κ2) is 9.22. The molecule has 1 aromatic heterocycles. The molecule has 2 aromatic rings. The van der Waals surface area contributed by atoms with Crippen LogP contribution in [0.4, 0.5) is 8.78 Å². The van der Waals surface area contributed by atoms with Gasteiger partial charge in [0, 0.05) is 24.2 Å². The zero-order chi connectivity index (χ0) is 17.4. The summed E-state index contributed by atoms with van der Waals surface area (Å²) in [6.07, 6.45) is 3.46. The van der Waals surface area contributed by atoms with Gasteiger partial charge < -0.3 is 10.1 Å². The molecular formula is C17H18F2N2O2S. The first-order valence-electron chi connectivity index (χ1n) is 7.38. The molecule has 4 nitrogen and oxygen atoms in total. The molecule has 1 aromatic carbocycles. The number of hydrogen-bond acceptors (Lipinski definition) is 4. The van der Waals surface area contributed by atoms with E-state index >= 15 is 0 Å². The summed E-state index contributed by atoms with van der Waals surface area (Å²) in [6.45, 7) is 1.85. The number of thioether (sulfide) groups is 1. The minimum absolute atomic E-state index is 0.0385. The molecule has 0 spiro atoms. The van der Waals surface area contributed by atoms with E-state index in [0.717, 1.165) is 17.7 Å². The summed E-state index contributed by atoms with van der Waals surface area (Å²) in [6, 6.07) is 6.61. The Morgan fingerprint density at radius 1 is 1.38 bits per heavy atom. The second-order valence-corrected chi connectivity index (χ2v) is 6.19. The van der Waals surface area contributed by atoms with Crippen LogP contribution < -0.4 is 10.1 Å². The summed E-state index contributed by atoms with van der Waals surface area (Å²) in [5, 5.41) is 2.77. The highest BCUT2D eigenvalue weighted by Gasteiger charge is 2.10. The largest absolute Gasteiger partial charge is 0.488 e. The molecule has 0 bridgehead atoms. The lowest BCUT2D eigenvalue weighted by atomic mass is 10.3. The summed E-state index contributed by atoms with van der Waals surface area (Å²) in [5.74, 6) is -0.577. The SMILES string of the molecule is C[C@@H](COc1ccc(F)cc1F)NC(=O)CSCc1cccnc1.